The van der Waals surface area contributed by atoms with Crippen LogP contribution in [0, 0.1) is 0 Å². The van der Waals surface area contributed by atoms with Crippen molar-refractivity contribution >= 4 is 32.8 Å². The summed E-state index contributed by atoms with van der Waals surface area (Å²) in [6.45, 7) is 13.1. The Morgan fingerprint density at radius 1 is 0.388 bits per heavy atom. The van der Waals surface area contributed by atoms with Crippen LogP contribution in [-0.4, -0.2) is 90.6 Å². The molecule has 0 saturated carbocycles. The van der Waals surface area contributed by atoms with Crippen LogP contribution in [0.5, 0.6) is 46.0 Å². The van der Waals surface area contributed by atoms with Gasteiger partial charge < -0.3 is 63.6 Å². The highest BCUT2D eigenvalue weighted by atomic mass is 31.2. The Labute approximate surface area is 399 Å². The maximum atomic E-state index is 17.2. The summed E-state index contributed by atoms with van der Waals surface area (Å²) in [5, 5.41) is 0. The van der Waals surface area contributed by atoms with E-state index in [-0.39, 0.29) is 60.8 Å². The highest BCUT2D eigenvalue weighted by Crippen LogP contribution is 2.79. The van der Waals surface area contributed by atoms with E-state index in [1.807, 2.05) is 41.5 Å². The fraction of sp³-hybridized carbons (Fsp3) is 0.489. The molecule has 4 aromatic carbocycles. The van der Waals surface area contributed by atoms with Gasteiger partial charge in [-0.15, -0.1) is 0 Å². The molecule has 1 atom stereocenters. The molecule has 0 fully saturated rings. The fourth-order valence-corrected chi connectivity index (χ4v) is 18.5. The van der Waals surface area contributed by atoms with Crippen molar-refractivity contribution in [1.29, 1.82) is 0 Å². The number of ether oxygens (including phenoxy) is 4. The van der Waals surface area contributed by atoms with Crippen LogP contribution in [-0.2, 0) is 35.7 Å². The lowest BCUT2D eigenvalue weighted by Gasteiger charge is -2.42. The monoisotopic (exact) mass is 1010 g/mol. The second-order valence-electron chi connectivity index (χ2n) is 14.7. The first-order valence-corrected chi connectivity index (χ1v) is 29.7. The van der Waals surface area contributed by atoms with Crippen LogP contribution in [0.1, 0.15) is 67.2 Å². The van der Waals surface area contributed by atoms with Gasteiger partial charge in [-0.1, -0.05) is 18.2 Å². The van der Waals surface area contributed by atoms with E-state index in [0.717, 1.165) is 0 Å². The summed E-state index contributed by atoms with van der Waals surface area (Å²) in [5.41, 5.74) is 0. The lowest BCUT2D eigenvalue weighted by molar-refractivity contribution is 0.0703. The maximum Gasteiger partial charge on any atom is 0.500 e. The summed E-state index contributed by atoms with van der Waals surface area (Å²) in [6.07, 6.45) is -0.0445. The highest BCUT2D eigenvalue weighted by Gasteiger charge is 2.69. The van der Waals surface area contributed by atoms with Crippen LogP contribution < -0.4 is 37.0 Å². The van der Waals surface area contributed by atoms with E-state index < -0.39 is 37.7 Å². The number of hydrogen-bond acceptors (Lipinski definition) is 16. The Balaban J connectivity index is 2.18. The summed E-state index contributed by atoms with van der Waals surface area (Å²) in [6, 6.07) is 26.7. The molecule has 0 spiro atoms. The van der Waals surface area contributed by atoms with E-state index in [1.165, 1.54) is 28.4 Å². The van der Waals surface area contributed by atoms with Gasteiger partial charge in [-0.25, -0.2) is 9.13 Å². The third-order valence-corrected chi connectivity index (χ3v) is 22.9. The van der Waals surface area contributed by atoms with Gasteiger partial charge in [0.05, 0.1) is 28.4 Å². The molecule has 0 radical (unpaired) electrons. The standard InChI is InChI=1S/C47H70O16P2Si2/c1-11-54-66(55-12-2,56-13-3)34-20-32-47(33-21-35-67(57-14-4,58-15-5)59-16-6,64(48,60-40-30-28-39(50-7)29-31-40)61-44-25-17-22-41(36-44)51-8)65(49,62-45-26-18-23-42(37-45)52-9)63-46-27-19-24-43(38-46)53-10/h17-19,22-31,36-38H,11-16,20-21,32-35H2,1-10H3. The third kappa shape index (κ3) is 15.0. The number of methoxy groups -OCH3 is 4. The molecular formula is C47H70O16P2Si2. The molecule has 372 valence electrons. The van der Waals surface area contributed by atoms with E-state index >= 15 is 9.13 Å². The normalized spacial score (nSPS) is 13.0. The number of rotatable bonds is 34. The van der Waals surface area contributed by atoms with Crippen molar-refractivity contribution in [2.45, 2.75) is 84.2 Å². The van der Waals surface area contributed by atoms with Gasteiger partial charge in [0.15, 0.2) is 0 Å². The molecule has 0 N–H and O–H groups in total. The van der Waals surface area contributed by atoms with Gasteiger partial charge in [0, 0.05) is 69.9 Å². The van der Waals surface area contributed by atoms with Gasteiger partial charge in [0.1, 0.15) is 46.0 Å². The molecule has 1 unspecified atom stereocenters. The third-order valence-electron chi connectivity index (χ3n) is 10.4. The minimum absolute atomic E-state index is 0.0932. The van der Waals surface area contributed by atoms with Crippen LogP contribution >= 0.6 is 15.2 Å². The van der Waals surface area contributed by atoms with Gasteiger partial charge in [-0.05, 0) is 128 Å². The zero-order valence-electron chi connectivity index (χ0n) is 40.6. The van der Waals surface area contributed by atoms with Crippen LogP contribution in [0.3, 0.4) is 0 Å². The van der Waals surface area contributed by atoms with Crippen molar-refractivity contribution in [2.75, 3.05) is 68.1 Å². The summed E-state index contributed by atoms with van der Waals surface area (Å²) >= 11 is 0. The predicted molar refractivity (Wildman–Crippen MR) is 262 cm³/mol. The molecule has 16 nitrogen and oxygen atoms in total. The molecule has 0 aliphatic rings. The van der Waals surface area contributed by atoms with E-state index in [2.05, 4.69) is 0 Å². The smallest absolute Gasteiger partial charge is 0.497 e. The van der Waals surface area contributed by atoms with E-state index in [4.69, 9.17) is 63.6 Å². The largest absolute Gasteiger partial charge is 0.500 e. The van der Waals surface area contributed by atoms with Crippen molar-refractivity contribution in [1.82, 2.24) is 0 Å². The molecule has 0 aromatic heterocycles. The average molecular weight is 1010 g/mol. The van der Waals surface area contributed by atoms with Crippen molar-refractivity contribution < 1.29 is 72.7 Å². The zero-order valence-corrected chi connectivity index (χ0v) is 44.4. The molecule has 0 heterocycles. The molecule has 0 aliphatic carbocycles. The second-order valence-corrected chi connectivity index (χ2v) is 25.0. The minimum Gasteiger partial charge on any atom is -0.497 e. The minimum atomic E-state index is -5.05. The van der Waals surface area contributed by atoms with Crippen LogP contribution in [0.4, 0.5) is 0 Å². The SMILES string of the molecule is CCO[Si](CCCC(CCC[Si](OCC)(OCC)OCC)(P(=O)(Oc1ccc(OC)cc1)Oc1cccc(OC)c1)P(=O)(Oc1cccc(OC)c1)Oc1cccc(OC)c1)(OCC)OCC. The summed E-state index contributed by atoms with van der Waals surface area (Å²) in [5.74, 6) is 2.14. The molecule has 0 amide bonds. The lowest BCUT2D eigenvalue weighted by Crippen LogP contribution is -2.47. The Kier molecular flexibility index (Phi) is 22.5. The van der Waals surface area contributed by atoms with E-state index in [9.17, 15) is 0 Å². The van der Waals surface area contributed by atoms with Crippen molar-refractivity contribution in [2.24, 2.45) is 0 Å². The first-order valence-electron chi connectivity index (χ1n) is 22.7. The van der Waals surface area contributed by atoms with Crippen molar-refractivity contribution in [3.63, 3.8) is 0 Å². The fourth-order valence-electron chi connectivity index (χ4n) is 7.54. The molecule has 4 aromatic rings. The van der Waals surface area contributed by atoms with Crippen LogP contribution in [0.15, 0.2) is 97.1 Å². The molecule has 4 rings (SSSR count). The number of benzene rings is 4. The van der Waals surface area contributed by atoms with Gasteiger partial charge in [0.25, 0.3) is 0 Å². The lowest BCUT2D eigenvalue weighted by atomic mass is 10.1. The van der Waals surface area contributed by atoms with E-state index in [0.29, 0.717) is 62.6 Å². The molecule has 67 heavy (non-hydrogen) atoms. The Morgan fingerprint density at radius 3 is 0.940 bits per heavy atom. The van der Waals surface area contributed by atoms with Gasteiger partial charge in [0.2, 0.25) is 4.90 Å². The van der Waals surface area contributed by atoms with E-state index in [1.54, 1.807) is 97.1 Å². The molecule has 0 saturated heterocycles. The zero-order chi connectivity index (χ0) is 48.8. The number of hydrogen-bond donors (Lipinski definition) is 0. The van der Waals surface area contributed by atoms with Gasteiger partial charge >= 0.3 is 32.8 Å². The van der Waals surface area contributed by atoms with Crippen LogP contribution in [0.25, 0.3) is 0 Å². The molecular weight excluding hydrogens is 939 g/mol. The molecule has 0 aliphatic heterocycles. The molecule has 20 heteroatoms. The van der Waals surface area contributed by atoms with Gasteiger partial charge in [-0.2, -0.15) is 0 Å². The predicted octanol–water partition coefficient (Wildman–Crippen LogP) is 12.1. The summed E-state index contributed by atoms with van der Waals surface area (Å²) in [7, 11) is -10.8. The van der Waals surface area contributed by atoms with Crippen molar-refractivity contribution in [3.8, 4) is 46.0 Å². The Morgan fingerprint density at radius 2 is 0.657 bits per heavy atom. The first-order chi connectivity index (χ1) is 32.3. The summed E-state index contributed by atoms with van der Waals surface area (Å²) < 4.78 is 122. The Bertz CT molecular complexity index is 2040. The highest BCUT2D eigenvalue weighted by molar-refractivity contribution is 7.75. The first kappa shape index (κ1) is 55.5. The Hall–Kier alpha value is -4.07. The van der Waals surface area contributed by atoms with Gasteiger partial charge in [-0.3, -0.25) is 0 Å². The topological polar surface area (TPSA) is 163 Å². The molecule has 0 bridgehead atoms. The van der Waals surface area contributed by atoms with Crippen molar-refractivity contribution in [3.05, 3.63) is 97.1 Å². The second kappa shape index (κ2) is 27.2. The van der Waals surface area contributed by atoms with Crippen LogP contribution in [0.2, 0.25) is 12.1 Å². The average Bonchev–Trinajstić information content (AvgIpc) is 3.31. The quantitative estimate of drug-likeness (QED) is 0.0320. The summed E-state index contributed by atoms with van der Waals surface area (Å²) in [4.78, 5) is -2.20. The maximum absolute atomic E-state index is 17.2.